The number of ether oxygens (including phenoxy) is 2. The van der Waals surface area contributed by atoms with Crippen molar-refractivity contribution in [2.24, 2.45) is 0 Å². The third kappa shape index (κ3) is 3.56. The maximum absolute atomic E-state index is 14.2. The Hall–Kier alpha value is -2.77. The number of alkyl halides is 3. The molecule has 27 heavy (non-hydrogen) atoms. The van der Waals surface area contributed by atoms with Crippen molar-refractivity contribution in [2.75, 3.05) is 19.5 Å². The lowest BCUT2D eigenvalue weighted by atomic mass is 9.93. The van der Waals surface area contributed by atoms with Gasteiger partial charge in [-0.1, -0.05) is 18.2 Å². The van der Waals surface area contributed by atoms with Gasteiger partial charge in [-0.2, -0.15) is 13.2 Å². The third-order valence-electron chi connectivity index (χ3n) is 4.65. The summed E-state index contributed by atoms with van der Waals surface area (Å²) in [6.45, 7) is 0. The second-order valence-corrected chi connectivity index (χ2v) is 6.30. The van der Waals surface area contributed by atoms with Crippen LogP contribution in [0.15, 0.2) is 36.4 Å². The lowest BCUT2D eigenvalue weighted by Crippen LogP contribution is -2.28. The van der Waals surface area contributed by atoms with Crippen molar-refractivity contribution >= 4 is 11.6 Å². The molecular weight excluding hydrogens is 366 g/mol. The molecule has 0 aromatic heterocycles. The van der Waals surface area contributed by atoms with Crippen LogP contribution >= 0.6 is 0 Å². The number of benzene rings is 2. The van der Waals surface area contributed by atoms with Crippen LogP contribution in [0.5, 0.6) is 11.5 Å². The molecule has 0 aliphatic heterocycles. The Balaban J connectivity index is 1.89. The first-order chi connectivity index (χ1) is 12.7. The summed E-state index contributed by atoms with van der Waals surface area (Å²) in [4.78, 5) is 12.7. The van der Waals surface area contributed by atoms with Gasteiger partial charge < -0.3 is 14.8 Å². The fourth-order valence-corrected chi connectivity index (χ4v) is 2.96. The van der Waals surface area contributed by atoms with E-state index >= 15 is 0 Å². The summed E-state index contributed by atoms with van der Waals surface area (Å²) < 4.78 is 63.2. The Morgan fingerprint density at radius 1 is 1.07 bits per heavy atom. The van der Waals surface area contributed by atoms with Crippen molar-refractivity contribution in [1.82, 2.24) is 0 Å². The molecule has 0 heterocycles. The molecule has 0 unspecified atom stereocenters. The highest BCUT2D eigenvalue weighted by atomic mass is 19.4. The molecule has 2 aromatic carbocycles. The highest BCUT2D eigenvalue weighted by Gasteiger charge is 2.52. The Bertz CT molecular complexity index is 876. The Labute approximate surface area is 153 Å². The first kappa shape index (κ1) is 19.0. The van der Waals surface area contributed by atoms with Gasteiger partial charge in [-0.3, -0.25) is 4.79 Å². The van der Waals surface area contributed by atoms with Crippen LogP contribution in [-0.2, 0) is 16.4 Å². The molecule has 2 aromatic rings. The Morgan fingerprint density at radius 2 is 1.70 bits per heavy atom. The molecule has 0 radical (unpaired) electrons. The smallest absolute Gasteiger partial charge is 0.416 e. The Morgan fingerprint density at radius 3 is 2.26 bits per heavy atom. The summed E-state index contributed by atoms with van der Waals surface area (Å²) in [6.07, 6.45) is -3.73. The second-order valence-electron chi connectivity index (χ2n) is 6.30. The number of methoxy groups -OCH3 is 2. The van der Waals surface area contributed by atoms with Crippen LogP contribution in [0.25, 0.3) is 0 Å². The number of hydrogen-bond donors (Lipinski definition) is 1. The average molecular weight is 383 g/mol. The lowest BCUT2D eigenvalue weighted by molar-refractivity contribution is -0.137. The molecular formula is C19H17F4NO3. The number of rotatable bonds is 5. The van der Waals surface area contributed by atoms with Crippen molar-refractivity contribution in [3.05, 3.63) is 53.3 Å². The zero-order valence-electron chi connectivity index (χ0n) is 14.6. The van der Waals surface area contributed by atoms with Crippen LogP contribution in [0.2, 0.25) is 0 Å². The van der Waals surface area contributed by atoms with Crippen LogP contribution in [0.1, 0.15) is 24.0 Å². The second kappa shape index (κ2) is 6.75. The molecule has 3 rings (SSSR count). The first-order valence-electron chi connectivity index (χ1n) is 8.12. The molecule has 1 saturated carbocycles. The van der Waals surface area contributed by atoms with E-state index in [1.54, 1.807) is 0 Å². The van der Waals surface area contributed by atoms with Gasteiger partial charge >= 0.3 is 6.18 Å². The van der Waals surface area contributed by atoms with Gasteiger partial charge in [-0.25, -0.2) is 4.39 Å². The predicted octanol–water partition coefficient (Wildman–Crippen LogP) is 4.53. The molecule has 1 fully saturated rings. The summed E-state index contributed by atoms with van der Waals surface area (Å²) >= 11 is 0. The van der Waals surface area contributed by atoms with E-state index in [0.29, 0.717) is 12.8 Å². The van der Waals surface area contributed by atoms with Gasteiger partial charge in [0, 0.05) is 12.1 Å². The number of carbonyl (C=O) groups excluding carboxylic acids is 1. The molecule has 4 nitrogen and oxygen atoms in total. The van der Waals surface area contributed by atoms with Crippen molar-refractivity contribution in [3.8, 4) is 11.5 Å². The SMILES string of the molecule is COc1cc(F)c(NC(=O)C2(c3cccc(C(F)(F)F)c3)CC2)cc1OC. The zero-order chi connectivity index (χ0) is 19.8. The molecule has 0 saturated heterocycles. The van der Waals surface area contributed by atoms with E-state index < -0.39 is 28.9 Å². The van der Waals surface area contributed by atoms with E-state index in [1.165, 1.54) is 32.4 Å². The minimum atomic E-state index is -4.50. The van der Waals surface area contributed by atoms with Gasteiger partial charge in [0.1, 0.15) is 0 Å². The summed E-state index contributed by atoms with van der Waals surface area (Å²) in [5.41, 5.74) is -1.79. The van der Waals surface area contributed by atoms with Crippen molar-refractivity contribution in [1.29, 1.82) is 0 Å². The lowest BCUT2D eigenvalue weighted by Gasteiger charge is -2.18. The first-order valence-corrected chi connectivity index (χ1v) is 8.12. The molecule has 144 valence electrons. The number of amides is 1. The monoisotopic (exact) mass is 383 g/mol. The number of anilines is 1. The molecule has 1 aliphatic rings. The number of nitrogens with one attached hydrogen (secondary N) is 1. The largest absolute Gasteiger partial charge is 0.493 e. The topological polar surface area (TPSA) is 47.6 Å². The van der Waals surface area contributed by atoms with Crippen LogP contribution in [0.3, 0.4) is 0 Å². The summed E-state index contributed by atoms with van der Waals surface area (Å²) in [5, 5.41) is 2.46. The van der Waals surface area contributed by atoms with Crippen molar-refractivity contribution < 1.29 is 31.8 Å². The quantitative estimate of drug-likeness (QED) is 0.772. The summed E-state index contributed by atoms with van der Waals surface area (Å²) in [7, 11) is 2.72. The molecule has 0 bridgehead atoms. The van der Waals surface area contributed by atoms with E-state index in [2.05, 4.69) is 5.32 Å². The summed E-state index contributed by atoms with van der Waals surface area (Å²) in [6, 6.07) is 7.00. The van der Waals surface area contributed by atoms with Crippen LogP contribution in [0, 0.1) is 5.82 Å². The normalized spacial score (nSPS) is 15.2. The number of hydrogen-bond acceptors (Lipinski definition) is 3. The summed E-state index contributed by atoms with van der Waals surface area (Å²) in [5.74, 6) is -0.918. The number of halogens is 4. The van der Waals surface area contributed by atoms with E-state index in [-0.39, 0.29) is 22.7 Å². The van der Waals surface area contributed by atoms with Gasteiger partial charge in [0.15, 0.2) is 17.3 Å². The van der Waals surface area contributed by atoms with E-state index in [9.17, 15) is 22.4 Å². The third-order valence-corrected chi connectivity index (χ3v) is 4.65. The maximum Gasteiger partial charge on any atom is 0.416 e. The van der Waals surface area contributed by atoms with Crippen LogP contribution < -0.4 is 14.8 Å². The average Bonchev–Trinajstić information content (AvgIpc) is 3.44. The molecule has 0 spiro atoms. The molecule has 0 atom stereocenters. The van der Waals surface area contributed by atoms with E-state index in [4.69, 9.17) is 9.47 Å². The fourth-order valence-electron chi connectivity index (χ4n) is 2.96. The van der Waals surface area contributed by atoms with E-state index in [1.807, 2.05) is 0 Å². The van der Waals surface area contributed by atoms with Gasteiger partial charge in [-0.15, -0.1) is 0 Å². The maximum atomic E-state index is 14.2. The molecule has 1 N–H and O–H groups in total. The molecule has 1 aliphatic carbocycles. The minimum Gasteiger partial charge on any atom is -0.493 e. The minimum absolute atomic E-state index is 0.129. The van der Waals surface area contributed by atoms with Crippen molar-refractivity contribution in [2.45, 2.75) is 24.4 Å². The fraction of sp³-hybridized carbons (Fsp3) is 0.316. The zero-order valence-corrected chi connectivity index (χ0v) is 14.6. The highest BCUT2D eigenvalue weighted by Crippen LogP contribution is 2.50. The molecule has 1 amide bonds. The highest BCUT2D eigenvalue weighted by molar-refractivity contribution is 6.01. The standard InChI is InChI=1S/C19H17F4NO3/c1-26-15-9-13(20)14(10-16(15)27-2)24-17(25)18(6-7-18)11-4-3-5-12(8-11)19(21,22)23/h3-5,8-10H,6-7H2,1-2H3,(H,24,25). The predicted molar refractivity (Wildman–Crippen MR) is 90.5 cm³/mol. The number of carbonyl (C=O) groups is 1. The van der Waals surface area contributed by atoms with Gasteiger partial charge in [0.2, 0.25) is 5.91 Å². The van der Waals surface area contributed by atoms with Gasteiger partial charge in [-0.05, 0) is 24.5 Å². The van der Waals surface area contributed by atoms with Crippen molar-refractivity contribution in [3.63, 3.8) is 0 Å². The van der Waals surface area contributed by atoms with Gasteiger partial charge in [0.05, 0.1) is 30.9 Å². The van der Waals surface area contributed by atoms with Gasteiger partial charge in [0.25, 0.3) is 0 Å². The van der Waals surface area contributed by atoms with Crippen LogP contribution in [0.4, 0.5) is 23.2 Å². The van der Waals surface area contributed by atoms with E-state index in [0.717, 1.165) is 18.2 Å². The molecule has 8 heteroatoms. The Kier molecular flexibility index (Phi) is 4.75. The van der Waals surface area contributed by atoms with Crippen LogP contribution in [-0.4, -0.2) is 20.1 Å².